The Morgan fingerprint density at radius 2 is 2.10 bits per heavy atom. The Morgan fingerprint density at radius 1 is 1.38 bits per heavy atom. The van der Waals surface area contributed by atoms with Crippen LogP contribution in [0.4, 0.5) is 10.5 Å². The number of carbonyl (C=O) groups is 2. The number of urea groups is 1. The first kappa shape index (κ1) is 17.4. The van der Waals surface area contributed by atoms with E-state index >= 15 is 0 Å². The summed E-state index contributed by atoms with van der Waals surface area (Å²) in [5.74, 6) is 1.13. The van der Waals surface area contributed by atoms with Crippen molar-refractivity contribution in [3.8, 4) is 0 Å². The van der Waals surface area contributed by atoms with Gasteiger partial charge in [0.1, 0.15) is 0 Å². The lowest BCUT2D eigenvalue weighted by Crippen LogP contribution is -2.36. The quantitative estimate of drug-likeness (QED) is 0.675. The minimum atomic E-state index is -0.967. The summed E-state index contributed by atoms with van der Waals surface area (Å²) >= 11 is 1.85. The Morgan fingerprint density at radius 3 is 2.67 bits per heavy atom. The third kappa shape index (κ3) is 6.08. The SMILES string of the molecule is CCSCCC(C)NC(=O)Nc1ccc(C(=O)O)c(C)c1. The van der Waals surface area contributed by atoms with E-state index in [1.165, 1.54) is 6.07 Å². The molecular weight excluding hydrogens is 288 g/mol. The zero-order valence-electron chi connectivity index (χ0n) is 12.6. The molecule has 0 aliphatic carbocycles. The van der Waals surface area contributed by atoms with Gasteiger partial charge in [0.05, 0.1) is 5.56 Å². The first-order valence-electron chi connectivity index (χ1n) is 6.93. The molecule has 0 aliphatic heterocycles. The third-order valence-electron chi connectivity index (χ3n) is 2.99. The highest BCUT2D eigenvalue weighted by Gasteiger charge is 2.10. The Hall–Kier alpha value is -1.69. The molecule has 0 fully saturated rings. The van der Waals surface area contributed by atoms with E-state index in [0.717, 1.165) is 17.9 Å². The van der Waals surface area contributed by atoms with Crippen LogP contribution in [0.1, 0.15) is 36.2 Å². The largest absolute Gasteiger partial charge is 0.478 e. The highest BCUT2D eigenvalue weighted by atomic mass is 32.2. The molecule has 1 aromatic carbocycles. The van der Waals surface area contributed by atoms with Crippen LogP contribution in [0.2, 0.25) is 0 Å². The van der Waals surface area contributed by atoms with Gasteiger partial charge in [-0.2, -0.15) is 11.8 Å². The standard InChI is InChI=1S/C15H22N2O3S/c1-4-21-8-7-11(3)16-15(20)17-12-5-6-13(14(18)19)10(2)9-12/h5-6,9,11H,4,7-8H2,1-3H3,(H,18,19)(H2,16,17,20). The number of hydrogen-bond donors (Lipinski definition) is 3. The van der Waals surface area contributed by atoms with Crippen LogP contribution in [-0.4, -0.2) is 34.7 Å². The number of aryl methyl sites for hydroxylation is 1. The van der Waals surface area contributed by atoms with Crippen molar-refractivity contribution in [3.63, 3.8) is 0 Å². The molecule has 21 heavy (non-hydrogen) atoms. The van der Waals surface area contributed by atoms with E-state index in [-0.39, 0.29) is 17.6 Å². The summed E-state index contributed by atoms with van der Waals surface area (Å²) in [5.41, 5.74) is 1.45. The second-order valence-corrected chi connectivity index (χ2v) is 6.21. The minimum Gasteiger partial charge on any atom is -0.478 e. The van der Waals surface area contributed by atoms with Gasteiger partial charge in [0.2, 0.25) is 0 Å². The average Bonchev–Trinajstić information content (AvgIpc) is 2.38. The van der Waals surface area contributed by atoms with E-state index in [2.05, 4.69) is 17.6 Å². The lowest BCUT2D eigenvalue weighted by Gasteiger charge is -2.14. The zero-order chi connectivity index (χ0) is 15.8. The number of nitrogens with one attached hydrogen (secondary N) is 2. The molecule has 0 aromatic heterocycles. The van der Waals surface area contributed by atoms with Gasteiger partial charge < -0.3 is 15.7 Å². The number of benzene rings is 1. The van der Waals surface area contributed by atoms with Crippen LogP contribution in [0.3, 0.4) is 0 Å². The van der Waals surface area contributed by atoms with E-state index in [1.807, 2.05) is 18.7 Å². The van der Waals surface area contributed by atoms with E-state index in [1.54, 1.807) is 19.1 Å². The lowest BCUT2D eigenvalue weighted by atomic mass is 10.1. The molecule has 0 saturated heterocycles. The van der Waals surface area contributed by atoms with Crippen molar-refractivity contribution in [2.45, 2.75) is 33.2 Å². The molecular formula is C15H22N2O3S. The minimum absolute atomic E-state index is 0.100. The summed E-state index contributed by atoms with van der Waals surface area (Å²) in [7, 11) is 0. The van der Waals surface area contributed by atoms with E-state index in [0.29, 0.717) is 11.3 Å². The summed E-state index contributed by atoms with van der Waals surface area (Å²) in [6.07, 6.45) is 0.920. The highest BCUT2D eigenvalue weighted by molar-refractivity contribution is 7.99. The van der Waals surface area contributed by atoms with Crippen molar-refractivity contribution >= 4 is 29.4 Å². The molecule has 2 amide bonds. The van der Waals surface area contributed by atoms with Crippen LogP contribution >= 0.6 is 11.8 Å². The normalized spacial score (nSPS) is 11.8. The first-order chi connectivity index (χ1) is 9.93. The molecule has 0 bridgehead atoms. The predicted octanol–water partition coefficient (Wildman–Crippen LogP) is 3.35. The van der Waals surface area contributed by atoms with E-state index in [4.69, 9.17) is 5.11 Å². The van der Waals surface area contributed by atoms with Crippen LogP contribution in [0.15, 0.2) is 18.2 Å². The van der Waals surface area contributed by atoms with Crippen molar-refractivity contribution in [2.75, 3.05) is 16.8 Å². The Labute approximate surface area is 129 Å². The Bertz CT molecular complexity index is 506. The fourth-order valence-corrected chi connectivity index (χ4v) is 2.66. The molecule has 1 atom stereocenters. The molecule has 1 aromatic rings. The molecule has 1 unspecified atom stereocenters. The number of amides is 2. The molecule has 0 radical (unpaired) electrons. The van der Waals surface area contributed by atoms with Crippen LogP contribution in [0.5, 0.6) is 0 Å². The van der Waals surface area contributed by atoms with Gasteiger partial charge in [0, 0.05) is 11.7 Å². The van der Waals surface area contributed by atoms with Crippen LogP contribution < -0.4 is 10.6 Å². The maximum absolute atomic E-state index is 11.8. The van der Waals surface area contributed by atoms with Gasteiger partial charge in [0.15, 0.2) is 0 Å². The molecule has 0 aliphatic rings. The van der Waals surface area contributed by atoms with Gasteiger partial charge in [-0.1, -0.05) is 6.92 Å². The lowest BCUT2D eigenvalue weighted by molar-refractivity contribution is 0.0696. The number of carboxylic acids is 1. The Kier molecular flexibility index (Phi) is 7.08. The van der Waals surface area contributed by atoms with Gasteiger partial charge in [-0.05, 0) is 55.5 Å². The molecule has 1 rings (SSSR count). The van der Waals surface area contributed by atoms with Crippen molar-refractivity contribution in [1.29, 1.82) is 0 Å². The van der Waals surface area contributed by atoms with Gasteiger partial charge >= 0.3 is 12.0 Å². The fraction of sp³-hybridized carbons (Fsp3) is 0.467. The van der Waals surface area contributed by atoms with Crippen molar-refractivity contribution < 1.29 is 14.7 Å². The van der Waals surface area contributed by atoms with Crippen molar-refractivity contribution in [1.82, 2.24) is 5.32 Å². The average molecular weight is 310 g/mol. The van der Waals surface area contributed by atoms with Gasteiger partial charge in [-0.3, -0.25) is 0 Å². The number of thioether (sulfide) groups is 1. The molecule has 0 saturated carbocycles. The molecule has 0 heterocycles. The third-order valence-corrected chi connectivity index (χ3v) is 3.92. The second kappa shape index (κ2) is 8.56. The zero-order valence-corrected chi connectivity index (χ0v) is 13.4. The highest BCUT2D eigenvalue weighted by Crippen LogP contribution is 2.15. The molecule has 0 spiro atoms. The Balaban J connectivity index is 2.51. The van der Waals surface area contributed by atoms with Crippen LogP contribution in [0.25, 0.3) is 0 Å². The first-order valence-corrected chi connectivity index (χ1v) is 8.08. The summed E-state index contributed by atoms with van der Waals surface area (Å²) in [6, 6.07) is 4.57. The molecule has 6 heteroatoms. The van der Waals surface area contributed by atoms with Gasteiger partial charge in [0.25, 0.3) is 0 Å². The summed E-state index contributed by atoms with van der Waals surface area (Å²) in [5, 5.41) is 14.5. The molecule has 116 valence electrons. The number of anilines is 1. The summed E-state index contributed by atoms with van der Waals surface area (Å²) in [4.78, 5) is 22.8. The number of carbonyl (C=O) groups excluding carboxylic acids is 1. The number of aromatic carboxylic acids is 1. The molecule has 3 N–H and O–H groups in total. The van der Waals surface area contributed by atoms with Crippen molar-refractivity contribution in [3.05, 3.63) is 29.3 Å². The number of rotatable bonds is 7. The van der Waals surface area contributed by atoms with Crippen molar-refractivity contribution in [2.24, 2.45) is 0 Å². The number of carboxylic acid groups (broad SMARTS) is 1. The smallest absolute Gasteiger partial charge is 0.335 e. The summed E-state index contributed by atoms with van der Waals surface area (Å²) < 4.78 is 0. The maximum atomic E-state index is 11.8. The maximum Gasteiger partial charge on any atom is 0.335 e. The molecule has 5 nitrogen and oxygen atoms in total. The van der Waals surface area contributed by atoms with Gasteiger partial charge in [-0.25, -0.2) is 9.59 Å². The van der Waals surface area contributed by atoms with Crippen LogP contribution in [-0.2, 0) is 0 Å². The van der Waals surface area contributed by atoms with Gasteiger partial charge in [-0.15, -0.1) is 0 Å². The van der Waals surface area contributed by atoms with E-state index in [9.17, 15) is 9.59 Å². The monoisotopic (exact) mass is 310 g/mol. The number of hydrogen-bond acceptors (Lipinski definition) is 3. The van der Waals surface area contributed by atoms with Crippen LogP contribution in [0, 0.1) is 6.92 Å². The predicted molar refractivity (Wildman–Crippen MR) is 87.4 cm³/mol. The van der Waals surface area contributed by atoms with E-state index < -0.39 is 5.97 Å². The topological polar surface area (TPSA) is 78.4 Å². The fourth-order valence-electron chi connectivity index (χ4n) is 1.85. The summed E-state index contributed by atoms with van der Waals surface area (Å²) in [6.45, 7) is 5.78. The second-order valence-electron chi connectivity index (χ2n) is 4.82.